The van der Waals surface area contributed by atoms with Gasteiger partial charge in [-0.3, -0.25) is 0 Å². The van der Waals surface area contributed by atoms with Crippen LogP contribution in [0.5, 0.6) is 5.88 Å². The predicted octanol–water partition coefficient (Wildman–Crippen LogP) is 2.09. The number of halogens is 4. The zero-order valence-corrected chi connectivity index (χ0v) is 9.32. The molecule has 9 heteroatoms. The van der Waals surface area contributed by atoms with Crippen LogP contribution in [0.4, 0.5) is 13.2 Å². The fraction of sp³-hybridized carbons (Fsp3) is 0.286. The van der Waals surface area contributed by atoms with Gasteiger partial charge in [-0.05, 0) is 0 Å². The molecule has 0 saturated carbocycles. The first-order chi connectivity index (χ1) is 7.27. The van der Waals surface area contributed by atoms with Gasteiger partial charge in [0.1, 0.15) is 10.6 Å². The van der Waals surface area contributed by atoms with Crippen molar-refractivity contribution in [1.82, 2.24) is 4.98 Å². The van der Waals surface area contributed by atoms with Gasteiger partial charge in [-0.25, -0.2) is 26.6 Å². The van der Waals surface area contributed by atoms with Crippen LogP contribution >= 0.6 is 10.7 Å². The second-order valence-corrected chi connectivity index (χ2v) is 5.14. The fourth-order valence-electron chi connectivity index (χ4n) is 0.963. The molecule has 0 aliphatic carbocycles. The number of methoxy groups -OCH3 is 1. The Morgan fingerprint density at radius 1 is 1.50 bits per heavy atom. The van der Waals surface area contributed by atoms with Crippen LogP contribution < -0.4 is 4.74 Å². The second kappa shape index (κ2) is 4.46. The number of ether oxygens (including phenoxy) is 1. The van der Waals surface area contributed by atoms with Crippen LogP contribution in [-0.2, 0) is 9.05 Å². The number of hydrogen-bond donors (Lipinski definition) is 0. The first kappa shape index (κ1) is 13.0. The monoisotopic (exact) mass is 275 g/mol. The molecule has 0 aromatic carbocycles. The predicted molar refractivity (Wildman–Crippen MR) is 48.7 cm³/mol. The van der Waals surface area contributed by atoms with E-state index in [2.05, 4.69) is 9.72 Å². The molecule has 0 fully saturated rings. The van der Waals surface area contributed by atoms with Gasteiger partial charge in [-0.1, -0.05) is 0 Å². The standard InChI is InChI=1S/C7H5ClF3NO3S/c1-15-7-3(9)2-4(16(8,13)14)5(12-7)6(10)11/h2,6H,1H3. The van der Waals surface area contributed by atoms with Crippen LogP contribution in [0.15, 0.2) is 11.0 Å². The lowest BCUT2D eigenvalue weighted by Crippen LogP contribution is -2.05. The normalized spacial score (nSPS) is 11.9. The molecule has 1 heterocycles. The summed E-state index contributed by atoms with van der Waals surface area (Å²) < 4.78 is 64.1. The van der Waals surface area contributed by atoms with E-state index in [-0.39, 0.29) is 0 Å². The van der Waals surface area contributed by atoms with Gasteiger partial charge >= 0.3 is 0 Å². The zero-order valence-electron chi connectivity index (χ0n) is 7.75. The second-order valence-electron chi connectivity index (χ2n) is 2.60. The van der Waals surface area contributed by atoms with Crippen molar-refractivity contribution >= 4 is 19.7 Å². The minimum atomic E-state index is -4.49. The van der Waals surface area contributed by atoms with Crippen LogP contribution in [0.2, 0.25) is 0 Å². The quantitative estimate of drug-likeness (QED) is 0.793. The Labute approximate surface area is 93.4 Å². The van der Waals surface area contributed by atoms with Crippen molar-refractivity contribution in [2.75, 3.05) is 7.11 Å². The van der Waals surface area contributed by atoms with Gasteiger partial charge in [0.05, 0.1) is 7.11 Å². The SMILES string of the molecule is COc1nc(C(F)F)c(S(=O)(=O)Cl)cc1F. The number of alkyl halides is 2. The molecule has 1 aromatic rings. The third-order valence-corrected chi connectivity index (χ3v) is 2.95. The molecule has 0 aliphatic heterocycles. The lowest BCUT2D eigenvalue weighted by molar-refractivity contribution is 0.140. The van der Waals surface area contributed by atoms with E-state index in [4.69, 9.17) is 10.7 Å². The third-order valence-electron chi connectivity index (χ3n) is 1.60. The lowest BCUT2D eigenvalue weighted by Gasteiger charge is -2.07. The Morgan fingerprint density at radius 3 is 2.44 bits per heavy atom. The molecular formula is C7H5ClF3NO3S. The average molecular weight is 276 g/mol. The van der Waals surface area contributed by atoms with E-state index in [1.807, 2.05) is 0 Å². The molecule has 1 aromatic heterocycles. The van der Waals surface area contributed by atoms with Crippen LogP contribution in [0.25, 0.3) is 0 Å². The number of nitrogens with zero attached hydrogens (tertiary/aromatic N) is 1. The molecule has 0 atom stereocenters. The highest BCUT2D eigenvalue weighted by Crippen LogP contribution is 2.30. The summed E-state index contributed by atoms with van der Waals surface area (Å²) in [6.07, 6.45) is -3.21. The van der Waals surface area contributed by atoms with Crippen molar-refractivity contribution < 1.29 is 26.3 Å². The van der Waals surface area contributed by atoms with Crippen LogP contribution in [0.1, 0.15) is 12.1 Å². The van der Waals surface area contributed by atoms with E-state index >= 15 is 0 Å². The maximum Gasteiger partial charge on any atom is 0.281 e. The van der Waals surface area contributed by atoms with E-state index < -0.39 is 37.8 Å². The van der Waals surface area contributed by atoms with E-state index in [1.54, 1.807) is 0 Å². The molecule has 0 amide bonds. The molecule has 0 saturated heterocycles. The van der Waals surface area contributed by atoms with Gasteiger partial charge < -0.3 is 4.74 Å². The minimum absolute atomic E-state index is 0.343. The summed E-state index contributed by atoms with van der Waals surface area (Å²) in [6.45, 7) is 0. The maximum atomic E-state index is 13.1. The molecule has 0 spiro atoms. The highest BCUT2D eigenvalue weighted by Gasteiger charge is 2.26. The van der Waals surface area contributed by atoms with Gasteiger partial charge in [0.25, 0.3) is 21.4 Å². The van der Waals surface area contributed by atoms with Crippen LogP contribution in [0.3, 0.4) is 0 Å². The summed E-state index contributed by atoms with van der Waals surface area (Å²) in [5, 5.41) is 0. The molecule has 0 bridgehead atoms. The van der Waals surface area contributed by atoms with E-state index in [0.29, 0.717) is 6.07 Å². The number of aromatic nitrogens is 1. The van der Waals surface area contributed by atoms with Crippen LogP contribution in [-0.4, -0.2) is 20.5 Å². The topological polar surface area (TPSA) is 56.3 Å². The highest BCUT2D eigenvalue weighted by molar-refractivity contribution is 8.13. The lowest BCUT2D eigenvalue weighted by atomic mass is 10.3. The van der Waals surface area contributed by atoms with Gasteiger partial charge in [0.2, 0.25) is 0 Å². The Morgan fingerprint density at radius 2 is 2.06 bits per heavy atom. The fourth-order valence-corrected chi connectivity index (χ4v) is 1.96. The summed E-state index contributed by atoms with van der Waals surface area (Å²) >= 11 is 0. The summed E-state index contributed by atoms with van der Waals surface area (Å²) in [4.78, 5) is 1.98. The van der Waals surface area contributed by atoms with Gasteiger partial charge in [-0.2, -0.15) is 0 Å². The highest BCUT2D eigenvalue weighted by atomic mass is 35.7. The third kappa shape index (κ3) is 2.56. The van der Waals surface area contributed by atoms with Gasteiger partial charge in [-0.15, -0.1) is 0 Å². The van der Waals surface area contributed by atoms with Gasteiger partial charge in [0, 0.05) is 16.7 Å². The van der Waals surface area contributed by atoms with E-state index in [9.17, 15) is 21.6 Å². The molecule has 90 valence electrons. The summed E-state index contributed by atoms with van der Waals surface area (Å²) in [5.41, 5.74) is -1.15. The molecule has 0 N–H and O–H groups in total. The largest absolute Gasteiger partial charge is 0.479 e. The summed E-state index contributed by atoms with van der Waals surface area (Å²) in [5.74, 6) is -1.91. The smallest absolute Gasteiger partial charge is 0.281 e. The molecule has 0 aliphatic rings. The van der Waals surface area contributed by atoms with E-state index in [1.165, 1.54) is 0 Å². The summed E-state index contributed by atoms with van der Waals surface area (Å²) in [7, 11) is 1.38. The van der Waals surface area contributed by atoms with Crippen molar-refractivity contribution in [2.45, 2.75) is 11.3 Å². The Kier molecular flexibility index (Phi) is 3.64. The summed E-state index contributed by atoms with van der Waals surface area (Å²) in [6, 6.07) is 0.343. The van der Waals surface area contributed by atoms with Crippen molar-refractivity contribution in [3.63, 3.8) is 0 Å². The molecule has 16 heavy (non-hydrogen) atoms. The minimum Gasteiger partial charge on any atom is -0.479 e. The molecule has 0 radical (unpaired) electrons. The average Bonchev–Trinajstić information content (AvgIpc) is 2.15. The Balaban J connectivity index is 3.55. The molecular weight excluding hydrogens is 271 g/mol. The van der Waals surface area contributed by atoms with Crippen molar-refractivity contribution in [3.8, 4) is 5.88 Å². The first-order valence-electron chi connectivity index (χ1n) is 3.74. The molecule has 4 nitrogen and oxygen atoms in total. The van der Waals surface area contributed by atoms with Gasteiger partial charge in [0.15, 0.2) is 5.82 Å². The zero-order chi connectivity index (χ0) is 12.5. The van der Waals surface area contributed by atoms with Crippen molar-refractivity contribution in [3.05, 3.63) is 17.6 Å². The Bertz CT molecular complexity index is 506. The van der Waals surface area contributed by atoms with Crippen molar-refractivity contribution in [1.29, 1.82) is 0 Å². The van der Waals surface area contributed by atoms with Crippen LogP contribution in [0, 0.1) is 5.82 Å². The van der Waals surface area contributed by atoms with E-state index in [0.717, 1.165) is 7.11 Å². The number of hydrogen-bond acceptors (Lipinski definition) is 4. The molecule has 0 unspecified atom stereocenters. The first-order valence-corrected chi connectivity index (χ1v) is 6.05. The Hall–Kier alpha value is -1.02. The van der Waals surface area contributed by atoms with Crippen molar-refractivity contribution in [2.24, 2.45) is 0 Å². The number of rotatable bonds is 3. The number of pyridine rings is 1. The maximum absolute atomic E-state index is 13.1. The molecule has 1 rings (SSSR count).